The highest BCUT2D eigenvalue weighted by atomic mass is 16.5. The van der Waals surface area contributed by atoms with Crippen LogP contribution >= 0.6 is 0 Å². The maximum atomic E-state index is 6.22. The third kappa shape index (κ3) is 1.77. The molecule has 0 amide bonds. The average Bonchev–Trinajstić information content (AvgIpc) is 2.94. The van der Waals surface area contributed by atoms with Crippen molar-refractivity contribution < 1.29 is 9.26 Å². The second kappa shape index (κ2) is 4.31. The summed E-state index contributed by atoms with van der Waals surface area (Å²) in [4.78, 5) is 4.55. The minimum atomic E-state index is -0.378. The van der Waals surface area contributed by atoms with Crippen LogP contribution in [0.5, 0.6) is 0 Å². The van der Waals surface area contributed by atoms with E-state index in [0.717, 1.165) is 44.9 Å². The molecule has 0 aromatic carbocycles. The zero-order valence-corrected chi connectivity index (χ0v) is 10.9. The quantitative estimate of drug-likeness (QED) is 0.888. The summed E-state index contributed by atoms with van der Waals surface area (Å²) in [6.45, 7) is 2.69. The van der Waals surface area contributed by atoms with E-state index >= 15 is 0 Å². The molecule has 18 heavy (non-hydrogen) atoms. The maximum Gasteiger partial charge on any atom is 0.246 e. The Labute approximate surface area is 107 Å². The molecule has 0 spiro atoms. The highest BCUT2D eigenvalue weighted by Crippen LogP contribution is 2.43. The summed E-state index contributed by atoms with van der Waals surface area (Å²) in [6, 6.07) is 0. The first-order valence-electron chi connectivity index (χ1n) is 6.96. The molecule has 2 aliphatic carbocycles. The van der Waals surface area contributed by atoms with Crippen LogP contribution in [0, 0.1) is 0 Å². The van der Waals surface area contributed by atoms with Gasteiger partial charge in [-0.2, -0.15) is 4.98 Å². The predicted octanol–water partition coefficient (Wildman–Crippen LogP) is 2.21. The van der Waals surface area contributed by atoms with Crippen molar-refractivity contribution >= 4 is 0 Å². The van der Waals surface area contributed by atoms with Gasteiger partial charge in [0.25, 0.3) is 0 Å². The minimum absolute atomic E-state index is 0.323. The summed E-state index contributed by atoms with van der Waals surface area (Å²) in [5, 5.41) is 4.15. The van der Waals surface area contributed by atoms with Gasteiger partial charge in [-0.15, -0.1) is 0 Å². The third-order valence-electron chi connectivity index (χ3n) is 4.34. The van der Waals surface area contributed by atoms with Crippen molar-refractivity contribution in [3.8, 4) is 0 Å². The molecule has 1 heterocycles. The number of ether oxygens (including phenoxy) is 1. The lowest BCUT2D eigenvalue weighted by atomic mass is 9.77. The van der Waals surface area contributed by atoms with Gasteiger partial charge in [0.1, 0.15) is 5.60 Å². The highest BCUT2D eigenvalue weighted by molar-refractivity contribution is 5.11. The predicted molar refractivity (Wildman–Crippen MR) is 65.8 cm³/mol. The Morgan fingerprint density at radius 3 is 2.50 bits per heavy atom. The largest absolute Gasteiger partial charge is 0.367 e. The molecule has 5 nitrogen and oxygen atoms in total. The fraction of sp³-hybridized carbons (Fsp3) is 0.846. The van der Waals surface area contributed by atoms with Crippen LogP contribution in [0.1, 0.15) is 63.6 Å². The fourth-order valence-corrected chi connectivity index (χ4v) is 3.04. The van der Waals surface area contributed by atoms with Crippen molar-refractivity contribution in [2.75, 3.05) is 6.61 Å². The van der Waals surface area contributed by atoms with E-state index in [4.69, 9.17) is 15.0 Å². The van der Waals surface area contributed by atoms with Crippen molar-refractivity contribution in [3.05, 3.63) is 11.7 Å². The Balaban J connectivity index is 1.87. The smallest absolute Gasteiger partial charge is 0.246 e. The van der Waals surface area contributed by atoms with Crippen LogP contribution in [0.2, 0.25) is 0 Å². The Hall–Kier alpha value is -0.940. The zero-order chi connectivity index (χ0) is 12.6. The second-order valence-corrected chi connectivity index (χ2v) is 5.57. The second-order valence-electron chi connectivity index (χ2n) is 5.57. The standard InChI is InChI=1S/C13H21N3O2/c1-2-17-13(8-3-4-9-13)10-15-11(18-16-10)12(14)6-5-7-12/h2-9,14H2,1H3. The molecule has 1 aromatic heterocycles. The molecule has 0 atom stereocenters. The van der Waals surface area contributed by atoms with Crippen LogP contribution in [-0.4, -0.2) is 16.7 Å². The fourth-order valence-electron chi connectivity index (χ4n) is 3.04. The number of rotatable bonds is 4. The molecule has 2 fully saturated rings. The van der Waals surface area contributed by atoms with Crippen LogP contribution in [-0.2, 0) is 15.9 Å². The molecule has 1 aromatic rings. The zero-order valence-electron chi connectivity index (χ0n) is 10.9. The summed E-state index contributed by atoms with van der Waals surface area (Å²) in [7, 11) is 0. The number of hydrogen-bond donors (Lipinski definition) is 1. The number of nitrogens with zero attached hydrogens (tertiary/aromatic N) is 2. The molecule has 0 aliphatic heterocycles. The van der Waals surface area contributed by atoms with Crippen molar-refractivity contribution in [2.45, 2.75) is 63.0 Å². The van der Waals surface area contributed by atoms with Gasteiger partial charge >= 0.3 is 0 Å². The van der Waals surface area contributed by atoms with E-state index in [1.54, 1.807) is 0 Å². The molecule has 2 aliphatic rings. The molecular formula is C13H21N3O2. The average molecular weight is 251 g/mol. The van der Waals surface area contributed by atoms with Crippen molar-refractivity contribution in [1.82, 2.24) is 10.1 Å². The van der Waals surface area contributed by atoms with Gasteiger partial charge in [0.05, 0.1) is 5.54 Å². The van der Waals surface area contributed by atoms with Gasteiger partial charge in [0, 0.05) is 6.61 Å². The maximum absolute atomic E-state index is 6.22. The van der Waals surface area contributed by atoms with Crippen LogP contribution in [0.4, 0.5) is 0 Å². The van der Waals surface area contributed by atoms with E-state index in [1.165, 1.54) is 0 Å². The third-order valence-corrected chi connectivity index (χ3v) is 4.34. The minimum Gasteiger partial charge on any atom is -0.367 e. The van der Waals surface area contributed by atoms with Crippen molar-refractivity contribution in [1.29, 1.82) is 0 Å². The Morgan fingerprint density at radius 2 is 1.94 bits per heavy atom. The van der Waals surface area contributed by atoms with Crippen LogP contribution < -0.4 is 5.73 Å². The first kappa shape index (κ1) is 12.1. The van der Waals surface area contributed by atoms with Gasteiger partial charge in [-0.1, -0.05) is 5.16 Å². The molecule has 0 radical (unpaired) electrons. The molecule has 2 saturated carbocycles. The lowest BCUT2D eigenvalue weighted by molar-refractivity contribution is -0.0469. The monoisotopic (exact) mass is 251 g/mol. The van der Waals surface area contributed by atoms with Crippen LogP contribution in [0.15, 0.2) is 4.52 Å². The lowest BCUT2D eigenvalue weighted by Crippen LogP contribution is -2.43. The van der Waals surface area contributed by atoms with Gasteiger partial charge in [-0.05, 0) is 51.9 Å². The molecule has 2 N–H and O–H groups in total. The van der Waals surface area contributed by atoms with Gasteiger partial charge in [0.2, 0.25) is 11.7 Å². The topological polar surface area (TPSA) is 74.2 Å². The Bertz CT molecular complexity index is 420. The van der Waals surface area contributed by atoms with Crippen LogP contribution in [0.3, 0.4) is 0 Å². The van der Waals surface area contributed by atoms with Crippen molar-refractivity contribution in [3.63, 3.8) is 0 Å². The summed E-state index contributed by atoms with van der Waals surface area (Å²) in [5.74, 6) is 1.29. The summed E-state index contributed by atoms with van der Waals surface area (Å²) >= 11 is 0. The van der Waals surface area contributed by atoms with E-state index in [-0.39, 0.29) is 11.1 Å². The van der Waals surface area contributed by atoms with E-state index in [1.807, 2.05) is 6.92 Å². The van der Waals surface area contributed by atoms with Gasteiger partial charge in [-0.3, -0.25) is 0 Å². The van der Waals surface area contributed by atoms with Crippen LogP contribution in [0.25, 0.3) is 0 Å². The summed E-state index contributed by atoms with van der Waals surface area (Å²) in [5.41, 5.74) is 5.52. The van der Waals surface area contributed by atoms with E-state index in [0.29, 0.717) is 18.3 Å². The highest BCUT2D eigenvalue weighted by Gasteiger charge is 2.44. The van der Waals surface area contributed by atoms with Gasteiger partial charge in [0.15, 0.2) is 0 Å². The van der Waals surface area contributed by atoms with Gasteiger partial charge in [-0.25, -0.2) is 0 Å². The summed E-state index contributed by atoms with van der Waals surface area (Å²) < 4.78 is 11.3. The number of aromatic nitrogens is 2. The number of hydrogen-bond acceptors (Lipinski definition) is 5. The van der Waals surface area contributed by atoms with E-state index < -0.39 is 0 Å². The molecular weight excluding hydrogens is 230 g/mol. The molecule has 100 valence electrons. The van der Waals surface area contributed by atoms with E-state index in [9.17, 15) is 0 Å². The normalized spacial score (nSPS) is 25.0. The molecule has 3 rings (SSSR count). The first-order valence-corrected chi connectivity index (χ1v) is 6.96. The molecule has 0 saturated heterocycles. The van der Waals surface area contributed by atoms with Crippen molar-refractivity contribution in [2.24, 2.45) is 5.73 Å². The SMILES string of the molecule is CCOC1(c2noc(C3(N)CCC3)n2)CCCC1. The Kier molecular flexibility index (Phi) is 2.90. The summed E-state index contributed by atoms with van der Waals surface area (Å²) in [6.07, 6.45) is 7.32. The first-order chi connectivity index (χ1) is 8.69. The Morgan fingerprint density at radius 1 is 1.22 bits per heavy atom. The lowest BCUT2D eigenvalue weighted by Gasteiger charge is -2.34. The molecule has 0 bridgehead atoms. The van der Waals surface area contributed by atoms with Gasteiger partial charge < -0.3 is 15.0 Å². The van der Waals surface area contributed by atoms with E-state index in [2.05, 4.69) is 10.1 Å². The number of nitrogens with two attached hydrogens (primary N) is 1. The molecule has 0 unspecified atom stereocenters. The molecule has 5 heteroatoms.